The van der Waals surface area contributed by atoms with E-state index in [1.807, 2.05) is 0 Å². The van der Waals surface area contributed by atoms with Crippen LogP contribution in [0.25, 0.3) is 0 Å². The molecule has 0 bridgehead atoms. The topological polar surface area (TPSA) is 12.5 Å². The third-order valence-corrected chi connectivity index (χ3v) is 0.919. The van der Waals surface area contributed by atoms with E-state index in [1.165, 1.54) is 0 Å². The van der Waals surface area contributed by atoms with Crippen molar-refractivity contribution in [3.05, 3.63) is 0 Å². The van der Waals surface area contributed by atoms with Gasteiger partial charge in [0.2, 0.25) is 0 Å². The molecular weight excluding hydrogens is 387 g/mol. The molecule has 0 aromatic rings. The zero-order valence-corrected chi connectivity index (χ0v) is 12.2. The van der Waals surface area contributed by atoms with Crippen molar-refractivity contribution in [3.63, 3.8) is 0 Å². The first-order valence-electron chi connectivity index (χ1n) is 2.45. The van der Waals surface area contributed by atoms with E-state index in [0.717, 1.165) is 6.61 Å². The van der Waals surface area contributed by atoms with E-state index in [1.54, 1.807) is 0 Å². The van der Waals surface area contributed by atoms with E-state index in [-0.39, 0.29) is 0 Å². The van der Waals surface area contributed by atoms with Crippen LogP contribution in [0.15, 0.2) is 0 Å². The molecule has 8 heteroatoms. The van der Waals surface area contributed by atoms with Crippen LogP contribution in [0.3, 0.4) is 0 Å². The molecule has 1 rings (SSSR count). The van der Waals surface area contributed by atoms with Gasteiger partial charge in [-0.05, 0) is 0 Å². The maximum absolute atomic E-state index is 5.27. The number of epoxide rings is 1. The van der Waals surface area contributed by atoms with Crippen LogP contribution in [0.2, 0.25) is 0 Å². The Labute approximate surface area is 89.6 Å². The van der Waals surface area contributed by atoms with E-state index in [0.29, 0.717) is 12.0 Å². The quantitative estimate of drug-likeness (QED) is 0.377. The fourth-order valence-electron chi connectivity index (χ4n) is 0.157. The van der Waals surface area contributed by atoms with Crippen LogP contribution in [0, 0.1) is 0 Å². The Morgan fingerprint density at radius 3 is 1.45 bits per heavy atom. The van der Waals surface area contributed by atoms with Crippen LogP contribution in [0.4, 0.5) is 0 Å². The number of halogens is 6. The normalized spacial score (nSPS) is 26.0. The molecule has 0 aromatic heterocycles. The van der Waals surface area contributed by atoms with Gasteiger partial charge < -0.3 is 4.74 Å². The predicted molar refractivity (Wildman–Crippen MR) is 55.5 cm³/mol. The second kappa shape index (κ2) is 4.84. The average Bonchev–Trinajstić information content (AvgIpc) is 2.36. The molecule has 1 aliphatic rings. The third kappa shape index (κ3) is 24.5. The number of hydrogen-bond acceptors (Lipinski definition) is 1. The standard InChI is InChI=1S/C3H5ClO.5ClH.Sb/c4-1-3-2-5-3;;;;;;/h3H,1-2H2;5*1H;/q;;;;;;+5/p-5. The van der Waals surface area contributed by atoms with Gasteiger partial charge in [0.05, 0.1) is 18.6 Å². The predicted octanol–water partition coefficient (Wildman–Crippen LogP) is 3.69. The minimum atomic E-state index is -4.33. The molecule has 1 nitrogen and oxygen atoms in total. The molecule has 1 aliphatic heterocycles. The van der Waals surface area contributed by atoms with Crippen molar-refractivity contribution >= 4 is 67.4 Å². The van der Waals surface area contributed by atoms with Gasteiger partial charge in [-0.15, -0.1) is 11.6 Å². The Morgan fingerprint density at radius 1 is 1.18 bits per heavy atom. The number of ether oxygens (including phenoxy) is 1. The molecule has 0 radical (unpaired) electrons. The fourth-order valence-corrected chi connectivity index (χ4v) is 0.335. The van der Waals surface area contributed by atoms with Crippen LogP contribution in [0.5, 0.6) is 0 Å². The van der Waals surface area contributed by atoms with Crippen LogP contribution in [0.1, 0.15) is 0 Å². The summed E-state index contributed by atoms with van der Waals surface area (Å²) in [5, 5.41) is 0. The molecule has 0 aromatic carbocycles. The fraction of sp³-hybridized carbons (Fsp3) is 1.00. The van der Waals surface area contributed by atoms with Crippen LogP contribution in [-0.4, -0.2) is 30.3 Å². The van der Waals surface area contributed by atoms with Gasteiger partial charge in [0, 0.05) is 0 Å². The van der Waals surface area contributed by atoms with Crippen molar-refractivity contribution in [1.29, 1.82) is 0 Å². The first-order chi connectivity index (χ1) is 4.67. The Hall–Kier alpha value is 2.52. The summed E-state index contributed by atoms with van der Waals surface area (Å²) in [6.07, 6.45) is 0.400. The van der Waals surface area contributed by atoms with Crippen molar-refractivity contribution in [2.45, 2.75) is 6.10 Å². The molecule has 11 heavy (non-hydrogen) atoms. The van der Waals surface area contributed by atoms with E-state index in [2.05, 4.69) is 0 Å². The Bertz CT molecular complexity index is 109. The average molecular weight is 392 g/mol. The first-order valence-corrected chi connectivity index (χ1v) is 19.2. The van der Waals surface area contributed by atoms with Crippen LogP contribution >= 0.6 is 55.7 Å². The third-order valence-electron chi connectivity index (χ3n) is 0.574. The van der Waals surface area contributed by atoms with Gasteiger partial charge in [-0.2, -0.15) is 0 Å². The van der Waals surface area contributed by atoms with Gasteiger partial charge in [0.25, 0.3) is 0 Å². The molecule has 70 valence electrons. The van der Waals surface area contributed by atoms with Gasteiger partial charge in [0.1, 0.15) is 0 Å². The summed E-state index contributed by atoms with van der Waals surface area (Å²) in [4.78, 5) is 0. The van der Waals surface area contributed by atoms with Crippen molar-refractivity contribution < 1.29 is 4.74 Å². The number of alkyl halides is 1. The number of rotatable bonds is 1. The second-order valence-corrected chi connectivity index (χ2v) is 40.0. The molecule has 1 unspecified atom stereocenters. The summed E-state index contributed by atoms with van der Waals surface area (Å²) in [5.41, 5.74) is 0. The SMILES string of the molecule is ClCC1CO1.[Cl][Sb]([Cl])([Cl])([Cl])[Cl]. The van der Waals surface area contributed by atoms with Crippen LogP contribution in [-0.2, 0) is 4.74 Å². The van der Waals surface area contributed by atoms with Crippen molar-refractivity contribution in [2.24, 2.45) is 0 Å². The van der Waals surface area contributed by atoms with Gasteiger partial charge in [-0.25, -0.2) is 0 Å². The summed E-state index contributed by atoms with van der Waals surface area (Å²) >= 11 is 0.945. The van der Waals surface area contributed by atoms with Gasteiger partial charge in [0.15, 0.2) is 0 Å². The van der Waals surface area contributed by atoms with Crippen molar-refractivity contribution in [1.82, 2.24) is 0 Å². The molecule has 1 heterocycles. The Kier molecular flexibility index (Phi) is 5.95. The van der Waals surface area contributed by atoms with Gasteiger partial charge in [-0.3, -0.25) is 0 Å². The molecule has 0 aliphatic carbocycles. The zero-order valence-electron chi connectivity index (χ0n) is 5.11. The number of hydrogen-bond donors (Lipinski definition) is 0. The zero-order chi connectivity index (χ0) is 9.15. The molecule has 1 atom stereocenters. The molecule has 0 amide bonds. The monoisotopic (exact) mass is 388 g/mol. The molecular formula is C3H5Cl6OSb. The summed E-state index contributed by atoms with van der Waals surface area (Å²) in [6.45, 7) is 0.878. The summed E-state index contributed by atoms with van der Waals surface area (Å²) in [6, 6.07) is 0. The molecule has 1 saturated heterocycles. The summed E-state index contributed by atoms with van der Waals surface area (Å²) in [7, 11) is 25.2. The van der Waals surface area contributed by atoms with Crippen LogP contribution < -0.4 is 0 Å². The molecule has 0 spiro atoms. The minimum absolute atomic E-state index is 0.400. The van der Waals surface area contributed by atoms with Gasteiger partial charge in [-0.1, -0.05) is 0 Å². The maximum atomic E-state index is 5.27. The summed E-state index contributed by atoms with van der Waals surface area (Å²) < 4.78 is 4.73. The van der Waals surface area contributed by atoms with Crippen molar-refractivity contribution in [2.75, 3.05) is 12.5 Å². The Balaban J connectivity index is 0.000000183. The molecule has 0 N–H and O–H groups in total. The van der Waals surface area contributed by atoms with E-state index in [4.69, 9.17) is 60.5 Å². The first kappa shape index (κ1) is 13.5. The van der Waals surface area contributed by atoms with E-state index < -0.39 is 11.7 Å². The summed E-state index contributed by atoms with van der Waals surface area (Å²) in [5.74, 6) is 0.667. The van der Waals surface area contributed by atoms with E-state index >= 15 is 0 Å². The molecule has 1 fully saturated rings. The Morgan fingerprint density at radius 2 is 1.45 bits per heavy atom. The van der Waals surface area contributed by atoms with Crippen molar-refractivity contribution in [3.8, 4) is 0 Å². The van der Waals surface area contributed by atoms with Gasteiger partial charge >= 0.3 is 55.8 Å². The second-order valence-electron chi connectivity index (χ2n) is 1.75. The molecule has 0 saturated carbocycles. The van der Waals surface area contributed by atoms with E-state index in [9.17, 15) is 0 Å².